The summed E-state index contributed by atoms with van der Waals surface area (Å²) < 4.78 is 25.7. The average Bonchev–Trinajstić information content (AvgIpc) is 3.28. The largest absolute Gasteiger partial charge is 0.478 e. The molecule has 0 fully saturated rings. The number of nitrogens with zero attached hydrogens (tertiary/aromatic N) is 3. The van der Waals surface area contributed by atoms with Crippen molar-refractivity contribution >= 4 is 15.8 Å². The summed E-state index contributed by atoms with van der Waals surface area (Å²) in [7, 11) is -3.45. The lowest BCUT2D eigenvalue weighted by atomic mass is 9.79. The highest BCUT2D eigenvalue weighted by Crippen LogP contribution is 2.36. The molecule has 198 valence electrons. The highest BCUT2D eigenvalue weighted by Gasteiger charge is 2.23. The molecular weight excluding hydrogens is 498 g/mol. The fourth-order valence-electron chi connectivity index (χ4n) is 4.07. The van der Waals surface area contributed by atoms with Gasteiger partial charge in [0.05, 0.1) is 28.8 Å². The summed E-state index contributed by atoms with van der Waals surface area (Å²) in [6.45, 7) is 13.1. The molecule has 4 aromatic rings. The number of hydrogen-bond acceptors (Lipinski definition) is 5. The molecule has 0 unspecified atom stereocenters. The number of carbonyl (C=O) groups is 1. The van der Waals surface area contributed by atoms with Gasteiger partial charge in [-0.15, -0.1) is 0 Å². The molecule has 0 atom stereocenters. The molecule has 0 amide bonds. The molecule has 0 saturated carbocycles. The van der Waals surface area contributed by atoms with E-state index < -0.39 is 15.8 Å². The third kappa shape index (κ3) is 5.70. The van der Waals surface area contributed by atoms with E-state index in [4.69, 9.17) is 5.10 Å². The first-order valence-electron chi connectivity index (χ1n) is 12.3. The predicted molar refractivity (Wildman–Crippen MR) is 150 cm³/mol. The van der Waals surface area contributed by atoms with Crippen molar-refractivity contribution in [2.24, 2.45) is 0 Å². The number of rotatable bonds is 5. The van der Waals surface area contributed by atoms with Crippen molar-refractivity contribution in [1.82, 2.24) is 14.8 Å². The van der Waals surface area contributed by atoms with Crippen molar-refractivity contribution in [2.75, 3.05) is 6.26 Å². The van der Waals surface area contributed by atoms with Gasteiger partial charge in [-0.05, 0) is 64.4 Å². The Hall–Kier alpha value is -3.78. The Morgan fingerprint density at radius 3 is 1.84 bits per heavy atom. The van der Waals surface area contributed by atoms with E-state index in [9.17, 15) is 18.3 Å². The maximum Gasteiger partial charge on any atom is 0.335 e. The van der Waals surface area contributed by atoms with Crippen LogP contribution >= 0.6 is 0 Å². The zero-order chi connectivity index (χ0) is 28.0. The van der Waals surface area contributed by atoms with Gasteiger partial charge in [0.25, 0.3) is 0 Å². The number of benzene rings is 2. The van der Waals surface area contributed by atoms with E-state index in [0.29, 0.717) is 11.4 Å². The molecule has 0 aliphatic heterocycles. The molecule has 4 rings (SSSR count). The van der Waals surface area contributed by atoms with E-state index >= 15 is 0 Å². The van der Waals surface area contributed by atoms with Crippen molar-refractivity contribution in [3.05, 3.63) is 83.6 Å². The van der Waals surface area contributed by atoms with E-state index in [-0.39, 0.29) is 21.4 Å². The first-order valence-corrected chi connectivity index (χ1v) is 14.2. The van der Waals surface area contributed by atoms with Gasteiger partial charge in [-0.2, -0.15) is 5.10 Å². The van der Waals surface area contributed by atoms with Crippen LogP contribution in [0.5, 0.6) is 0 Å². The SMILES string of the molecule is CC(C)(C)c1cc(-c2cc(-c3ccc(C(=O)O)cc3)nn2-c2ccc(S(C)(=O)=O)nc2)cc(C(C)(C)C)c1. The van der Waals surface area contributed by atoms with Crippen LogP contribution in [0.2, 0.25) is 0 Å². The van der Waals surface area contributed by atoms with E-state index in [0.717, 1.165) is 23.1 Å². The maximum atomic E-state index is 12.0. The van der Waals surface area contributed by atoms with Gasteiger partial charge >= 0.3 is 5.97 Å². The Morgan fingerprint density at radius 2 is 1.39 bits per heavy atom. The Balaban J connectivity index is 1.96. The Kier molecular flexibility index (Phi) is 6.82. The predicted octanol–water partition coefficient (Wildman–Crippen LogP) is 6.30. The summed E-state index contributed by atoms with van der Waals surface area (Å²) in [6, 6.07) is 18.3. The van der Waals surface area contributed by atoms with Gasteiger partial charge in [0.15, 0.2) is 14.9 Å². The number of carboxylic acid groups (broad SMARTS) is 1. The first kappa shape index (κ1) is 27.3. The fourth-order valence-corrected chi connectivity index (χ4v) is 4.63. The second-order valence-corrected chi connectivity index (χ2v) is 13.6. The first-order chi connectivity index (χ1) is 17.5. The van der Waals surface area contributed by atoms with Crippen molar-refractivity contribution in [3.8, 4) is 28.2 Å². The highest BCUT2D eigenvalue weighted by molar-refractivity contribution is 7.90. The number of sulfone groups is 1. The molecule has 0 saturated heterocycles. The Bertz CT molecular complexity index is 1570. The molecule has 2 aromatic carbocycles. The van der Waals surface area contributed by atoms with Crippen LogP contribution in [-0.4, -0.2) is 40.5 Å². The number of pyridine rings is 1. The van der Waals surface area contributed by atoms with Crippen LogP contribution in [0.1, 0.15) is 63.0 Å². The molecule has 0 bridgehead atoms. The molecule has 2 aromatic heterocycles. The monoisotopic (exact) mass is 531 g/mol. The van der Waals surface area contributed by atoms with E-state index in [1.54, 1.807) is 35.0 Å². The van der Waals surface area contributed by atoms with Gasteiger partial charge in [-0.25, -0.2) is 22.9 Å². The van der Waals surface area contributed by atoms with Gasteiger partial charge in [-0.1, -0.05) is 59.7 Å². The molecule has 0 aliphatic carbocycles. The normalized spacial score (nSPS) is 12.5. The fraction of sp³-hybridized carbons (Fsp3) is 0.300. The standard InChI is InChI=1S/C30H33N3O4S/c1-29(2,3)22-14-21(15-23(16-22)30(4,5)6)26-17-25(19-8-10-20(11-9-19)28(34)35)32-33(26)24-12-13-27(31-18-24)38(7,36)37/h8-18H,1-7H3,(H,34,35). The topological polar surface area (TPSA) is 102 Å². The van der Waals surface area contributed by atoms with Gasteiger partial charge in [0, 0.05) is 17.4 Å². The smallest absolute Gasteiger partial charge is 0.335 e. The Morgan fingerprint density at radius 1 is 0.816 bits per heavy atom. The quantitative estimate of drug-likeness (QED) is 0.324. The second kappa shape index (κ2) is 9.51. The van der Waals surface area contributed by atoms with E-state index in [1.165, 1.54) is 23.4 Å². The minimum atomic E-state index is -3.45. The zero-order valence-corrected chi connectivity index (χ0v) is 23.6. The van der Waals surface area contributed by atoms with Crippen LogP contribution < -0.4 is 0 Å². The summed E-state index contributed by atoms with van der Waals surface area (Å²) in [5.74, 6) is -0.992. The molecule has 38 heavy (non-hydrogen) atoms. The highest BCUT2D eigenvalue weighted by atomic mass is 32.2. The van der Waals surface area contributed by atoms with Crippen LogP contribution in [0.4, 0.5) is 0 Å². The maximum absolute atomic E-state index is 12.0. The molecule has 7 nitrogen and oxygen atoms in total. The summed E-state index contributed by atoms with van der Waals surface area (Å²) in [5.41, 5.74) is 6.20. The summed E-state index contributed by atoms with van der Waals surface area (Å²) in [6.07, 6.45) is 2.63. The summed E-state index contributed by atoms with van der Waals surface area (Å²) >= 11 is 0. The van der Waals surface area contributed by atoms with E-state index in [1.807, 2.05) is 6.07 Å². The molecule has 2 heterocycles. The van der Waals surface area contributed by atoms with Crippen LogP contribution in [0.15, 0.2) is 71.9 Å². The molecule has 0 aliphatic rings. The molecule has 0 spiro atoms. The van der Waals surface area contributed by atoms with Crippen molar-refractivity contribution in [2.45, 2.75) is 57.4 Å². The molecule has 0 radical (unpaired) electrons. The third-order valence-corrected chi connectivity index (χ3v) is 7.44. The summed E-state index contributed by atoms with van der Waals surface area (Å²) in [4.78, 5) is 15.5. The molecule has 8 heteroatoms. The zero-order valence-electron chi connectivity index (χ0n) is 22.8. The van der Waals surface area contributed by atoms with E-state index in [2.05, 4.69) is 64.7 Å². The van der Waals surface area contributed by atoms with Crippen molar-refractivity contribution in [1.29, 1.82) is 0 Å². The number of aromatic nitrogens is 3. The third-order valence-electron chi connectivity index (χ3n) is 6.44. The lowest BCUT2D eigenvalue weighted by molar-refractivity contribution is 0.0697. The minimum Gasteiger partial charge on any atom is -0.478 e. The molecular formula is C30H33N3O4S. The van der Waals surface area contributed by atoms with Crippen LogP contribution in [0.3, 0.4) is 0 Å². The lowest BCUT2D eigenvalue weighted by Gasteiger charge is -2.26. The van der Waals surface area contributed by atoms with Crippen LogP contribution in [0.25, 0.3) is 28.2 Å². The number of aromatic carboxylic acids is 1. The van der Waals surface area contributed by atoms with Gasteiger partial charge in [-0.3, -0.25) is 0 Å². The van der Waals surface area contributed by atoms with Crippen molar-refractivity contribution < 1.29 is 18.3 Å². The lowest BCUT2D eigenvalue weighted by Crippen LogP contribution is -2.16. The second-order valence-electron chi connectivity index (χ2n) is 11.6. The Labute approximate surface area is 224 Å². The molecule has 1 N–H and O–H groups in total. The minimum absolute atomic E-state index is 0.0100. The van der Waals surface area contributed by atoms with Gasteiger partial charge in [0.2, 0.25) is 0 Å². The number of carboxylic acids is 1. The summed E-state index contributed by atoms with van der Waals surface area (Å²) in [5, 5.41) is 14.1. The van der Waals surface area contributed by atoms with Gasteiger partial charge in [0.1, 0.15) is 0 Å². The average molecular weight is 532 g/mol. The van der Waals surface area contributed by atoms with Crippen LogP contribution in [0, 0.1) is 0 Å². The van der Waals surface area contributed by atoms with Crippen LogP contribution in [-0.2, 0) is 20.7 Å². The van der Waals surface area contributed by atoms with Gasteiger partial charge < -0.3 is 5.11 Å². The number of hydrogen-bond donors (Lipinski definition) is 1. The van der Waals surface area contributed by atoms with Crippen molar-refractivity contribution in [3.63, 3.8) is 0 Å².